The molecule has 0 saturated carbocycles. The normalized spacial score (nSPS) is 17.9. The highest BCUT2D eigenvalue weighted by molar-refractivity contribution is 5.85. The van der Waals surface area contributed by atoms with Crippen molar-refractivity contribution in [2.45, 2.75) is 38.0 Å². The first-order valence-corrected chi connectivity index (χ1v) is 9.33. The van der Waals surface area contributed by atoms with Gasteiger partial charge >= 0.3 is 6.18 Å². The van der Waals surface area contributed by atoms with Gasteiger partial charge in [0, 0.05) is 24.1 Å². The first kappa shape index (κ1) is 23.4. The zero-order valence-corrected chi connectivity index (χ0v) is 17.9. The Kier molecular flexibility index (Phi) is 7.12. The van der Waals surface area contributed by atoms with Crippen LogP contribution >= 0.6 is 12.4 Å². The van der Waals surface area contributed by atoms with E-state index in [0.29, 0.717) is 30.1 Å². The van der Waals surface area contributed by atoms with Crippen molar-refractivity contribution in [1.82, 2.24) is 4.90 Å². The Morgan fingerprint density at radius 1 is 1.14 bits per heavy atom. The smallest absolute Gasteiger partial charge is 0.416 e. The molecule has 0 saturated heterocycles. The largest absolute Gasteiger partial charge is 0.492 e. The summed E-state index contributed by atoms with van der Waals surface area (Å²) in [6, 6.07) is 11.2. The maximum atomic E-state index is 13.2. The standard InChI is InChI=1S/C22H26F3NO2.ClH/c1-21(2)14-19(15-6-5-7-16(12-15)22(23,24)25)18-9-8-17(13-20(18)28-21)27-11-10-26(3)4;/h5-9,12-13,19H,10-11,14H2,1-4H3;1H. The summed E-state index contributed by atoms with van der Waals surface area (Å²) in [4.78, 5) is 2.03. The summed E-state index contributed by atoms with van der Waals surface area (Å²) in [6.07, 6.45) is -3.76. The van der Waals surface area contributed by atoms with E-state index in [1.807, 2.05) is 51.0 Å². The van der Waals surface area contributed by atoms with Crippen molar-refractivity contribution in [2.75, 3.05) is 27.2 Å². The van der Waals surface area contributed by atoms with Gasteiger partial charge in [0.2, 0.25) is 0 Å². The SMILES string of the molecule is CN(C)CCOc1ccc2c(c1)OC(C)(C)CC2c1cccc(C(F)(F)F)c1.Cl. The van der Waals surface area contributed by atoms with Crippen LogP contribution in [0.1, 0.15) is 42.9 Å². The number of hydrogen-bond donors (Lipinski definition) is 0. The van der Waals surface area contributed by atoms with E-state index in [1.54, 1.807) is 6.07 Å². The number of rotatable bonds is 5. The Bertz CT molecular complexity index is 837. The molecule has 29 heavy (non-hydrogen) atoms. The Labute approximate surface area is 176 Å². The molecular formula is C22H27ClF3NO2. The van der Waals surface area contributed by atoms with Gasteiger partial charge in [-0.1, -0.05) is 24.3 Å². The van der Waals surface area contributed by atoms with Crippen LogP contribution in [0.5, 0.6) is 11.5 Å². The summed E-state index contributed by atoms with van der Waals surface area (Å²) in [6.45, 7) is 5.24. The zero-order chi connectivity index (χ0) is 20.5. The van der Waals surface area contributed by atoms with Crippen molar-refractivity contribution in [2.24, 2.45) is 0 Å². The molecule has 0 bridgehead atoms. The third-order valence-corrected chi connectivity index (χ3v) is 4.87. The van der Waals surface area contributed by atoms with Crippen LogP contribution in [0.4, 0.5) is 13.2 Å². The number of hydrogen-bond acceptors (Lipinski definition) is 3. The molecule has 1 heterocycles. The third-order valence-electron chi connectivity index (χ3n) is 4.87. The Balaban J connectivity index is 0.00000300. The second kappa shape index (κ2) is 8.84. The number of fused-ring (bicyclic) bond motifs is 1. The lowest BCUT2D eigenvalue weighted by atomic mass is 9.79. The molecule has 7 heteroatoms. The summed E-state index contributed by atoms with van der Waals surface area (Å²) >= 11 is 0. The van der Waals surface area contributed by atoms with Gasteiger partial charge in [-0.05, 0) is 52.1 Å². The monoisotopic (exact) mass is 429 g/mol. The van der Waals surface area contributed by atoms with Crippen molar-refractivity contribution in [3.05, 3.63) is 59.2 Å². The van der Waals surface area contributed by atoms with Crippen molar-refractivity contribution < 1.29 is 22.6 Å². The van der Waals surface area contributed by atoms with Gasteiger partial charge in [-0.15, -0.1) is 12.4 Å². The summed E-state index contributed by atoms with van der Waals surface area (Å²) < 4.78 is 51.4. The average Bonchev–Trinajstić information content (AvgIpc) is 2.59. The first-order chi connectivity index (χ1) is 13.0. The highest BCUT2D eigenvalue weighted by atomic mass is 35.5. The van der Waals surface area contributed by atoms with Crippen LogP contribution in [0.2, 0.25) is 0 Å². The van der Waals surface area contributed by atoms with Gasteiger partial charge in [0.1, 0.15) is 23.7 Å². The first-order valence-electron chi connectivity index (χ1n) is 9.33. The molecule has 0 fully saturated rings. The van der Waals surface area contributed by atoms with Crippen LogP contribution in [0.25, 0.3) is 0 Å². The topological polar surface area (TPSA) is 21.7 Å². The van der Waals surface area contributed by atoms with Gasteiger partial charge < -0.3 is 14.4 Å². The van der Waals surface area contributed by atoms with E-state index < -0.39 is 17.3 Å². The molecular weight excluding hydrogens is 403 g/mol. The number of ether oxygens (including phenoxy) is 2. The van der Waals surface area contributed by atoms with Crippen molar-refractivity contribution in [1.29, 1.82) is 0 Å². The second-order valence-electron chi connectivity index (χ2n) is 8.09. The predicted octanol–water partition coefficient (Wildman–Crippen LogP) is 5.76. The minimum absolute atomic E-state index is 0. The van der Waals surface area contributed by atoms with Gasteiger partial charge in [-0.25, -0.2) is 0 Å². The molecule has 1 aliphatic rings. The quantitative estimate of drug-likeness (QED) is 0.603. The minimum Gasteiger partial charge on any atom is -0.492 e. The van der Waals surface area contributed by atoms with E-state index in [-0.39, 0.29) is 18.3 Å². The number of benzene rings is 2. The van der Waals surface area contributed by atoms with Crippen LogP contribution in [-0.2, 0) is 6.18 Å². The fourth-order valence-corrected chi connectivity index (χ4v) is 3.50. The zero-order valence-electron chi connectivity index (χ0n) is 17.0. The molecule has 2 aromatic rings. The van der Waals surface area contributed by atoms with Crippen LogP contribution < -0.4 is 9.47 Å². The maximum absolute atomic E-state index is 13.2. The minimum atomic E-state index is -4.36. The lowest BCUT2D eigenvalue weighted by molar-refractivity contribution is -0.137. The Hall–Kier alpha value is -1.92. The van der Waals surface area contributed by atoms with E-state index in [0.717, 1.165) is 18.2 Å². The number of halogens is 4. The summed E-state index contributed by atoms with van der Waals surface area (Å²) in [5.74, 6) is 1.19. The molecule has 0 radical (unpaired) electrons. The van der Waals surface area contributed by atoms with E-state index in [2.05, 4.69) is 0 Å². The Morgan fingerprint density at radius 3 is 2.52 bits per heavy atom. The van der Waals surface area contributed by atoms with Gasteiger partial charge in [-0.3, -0.25) is 0 Å². The van der Waals surface area contributed by atoms with Gasteiger partial charge in [0.15, 0.2) is 0 Å². The van der Waals surface area contributed by atoms with Gasteiger partial charge in [0.25, 0.3) is 0 Å². The molecule has 160 valence electrons. The van der Waals surface area contributed by atoms with Gasteiger partial charge in [-0.2, -0.15) is 13.2 Å². The molecule has 0 spiro atoms. The highest BCUT2D eigenvalue weighted by Gasteiger charge is 2.36. The van der Waals surface area contributed by atoms with Crippen molar-refractivity contribution in [3.8, 4) is 11.5 Å². The van der Waals surface area contributed by atoms with Gasteiger partial charge in [0.05, 0.1) is 5.56 Å². The lowest BCUT2D eigenvalue weighted by Gasteiger charge is -2.38. The molecule has 3 rings (SSSR count). The Morgan fingerprint density at radius 2 is 1.86 bits per heavy atom. The van der Waals surface area contributed by atoms with E-state index in [9.17, 15) is 13.2 Å². The fraction of sp³-hybridized carbons (Fsp3) is 0.455. The molecule has 0 amide bonds. The number of nitrogens with zero attached hydrogens (tertiary/aromatic N) is 1. The second-order valence-corrected chi connectivity index (χ2v) is 8.09. The molecule has 3 nitrogen and oxygen atoms in total. The molecule has 1 atom stereocenters. The highest BCUT2D eigenvalue weighted by Crippen LogP contribution is 2.46. The van der Waals surface area contributed by atoms with Crippen LogP contribution in [0.3, 0.4) is 0 Å². The number of likely N-dealkylation sites (N-methyl/N-ethyl adjacent to an activating group) is 1. The molecule has 0 aliphatic carbocycles. The van der Waals surface area contributed by atoms with Crippen LogP contribution in [0, 0.1) is 0 Å². The van der Waals surface area contributed by atoms with Crippen molar-refractivity contribution in [3.63, 3.8) is 0 Å². The third kappa shape index (κ3) is 5.80. The van der Waals surface area contributed by atoms with E-state index in [1.165, 1.54) is 12.1 Å². The predicted molar refractivity (Wildman–Crippen MR) is 110 cm³/mol. The van der Waals surface area contributed by atoms with E-state index in [4.69, 9.17) is 9.47 Å². The summed E-state index contributed by atoms with van der Waals surface area (Å²) in [7, 11) is 3.95. The van der Waals surface area contributed by atoms with E-state index >= 15 is 0 Å². The summed E-state index contributed by atoms with van der Waals surface area (Å²) in [5, 5.41) is 0. The van der Waals surface area contributed by atoms with Crippen molar-refractivity contribution >= 4 is 12.4 Å². The fourth-order valence-electron chi connectivity index (χ4n) is 3.50. The lowest BCUT2D eigenvalue weighted by Crippen LogP contribution is -2.35. The summed E-state index contributed by atoms with van der Waals surface area (Å²) in [5.41, 5.74) is 0.417. The maximum Gasteiger partial charge on any atom is 0.416 e. The average molecular weight is 430 g/mol. The molecule has 2 aromatic carbocycles. The molecule has 0 aromatic heterocycles. The molecule has 0 N–H and O–H groups in total. The molecule has 1 aliphatic heterocycles. The van der Waals surface area contributed by atoms with Crippen LogP contribution in [0.15, 0.2) is 42.5 Å². The number of alkyl halides is 3. The molecule has 1 unspecified atom stereocenters. The van der Waals surface area contributed by atoms with Crippen LogP contribution in [-0.4, -0.2) is 37.7 Å².